The van der Waals surface area contributed by atoms with Gasteiger partial charge in [-0.15, -0.1) is 6.58 Å². The number of aliphatic hydroxyl groups excluding tert-OH is 1. The maximum Gasteiger partial charge on any atom is 0.405 e. The fraction of sp³-hybridized carbons (Fsp3) is 0.700. The van der Waals surface area contributed by atoms with E-state index in [0.29, 0.717) is 6.42 Å². The predicted molar refractivity (Wildman–Crippen MR) is 63.4 cm³/mol. The zero-order valence-corrected chi connectivity index (χ0v) is 10.0. The summed E-state index contributed by atoms with van der Waals surface area (Å²) in [5, 5.41) is 20.0. The molecule has 0 heterocycles. The molecule has 0 aromatic carbocycles. The molecular formula is C10H19NO3S. The highest BCUT2D eigenvalue weighted by Crippen LogP contribution is 2.17. The van der Waals surface area contributed by atoms with Crippen molar-refractivity contribution in [3.05, 3.63) is 12.7 Å². The third-order valence-corrected chi connectivity index (χ3v) is 3.16. The van der Waals surface area contributed by atoms with Crippen molar-refractivity contribution >= 4 is 17.9 Å². The van der Waals surface area contributed by atoms with Gasteiger partial charge in [-0.3, -0.25) is 0 Å². The van der Waals surface area contributed by atoms with Gasteiger partial charge in [0, 0.05) is 10.8 Å². The zero-order chi connectivity index (χ0) is 11.9. The summed E-state index contributed by atoms with van der Waals surface area (Å²) in [4.78, 5) is 10.5. The van der Waals surface area contributed by atoms with Gasteiger partial charge in [-0.25, -0.2) is 4.79 Å². The fourth-order valence-corrected chi connectivity index (χ4v) is 2.19. The second-order valence-electron chi connectivity index (χ2n) is 3.89. The quantitative estimate of drug-likeness (QED) is 0.585. The molecular weight excluding hydrogens is 214 g/mol. The van der Waals surface area contributed by atoms with Gasteiger partial charge in [-0.1, -0.05) is 6.08 Å². The summed E-state index contributed by atoms with van der Waals surface area (Å²) in [6, 6.07) is 0. The second kappa shape index (κ2) is 6.74. The Hall–Kier alpha value is -0.680. The molecule has 0 bridgehead atoms. The number of carboxylic acid groups (broad SMARTS) is 1. The average Bonchev–Trinajstić information content (AvgIpc) is 2.10. The van der Waals surface area contributed by atoms with E-state index in [1.807, 2.05) is 13.8 Å². The highest BCUT2D eigenvalue weighted by Gasteiger charge is 2.19. The minimum Gasteiger partial charge on any atom is -0.465 e. The van der Waals surface area contributed by atoms with Crippen LogP contribution < -0.4 is 5.32 Å². The molecule has 0 radical (unpaired) electrons. The van der Waals surface area contributed by atoms with Crippen LogP contribution in [0.5, 0.6) is 0 Å². The van der Waals surface area contributed by atoms with Gasteiger partial charge in [0.1, 0.15) is 0 Å². The number of nitrogens with one attached hydrogen (secondary N) is 1. The minimum atomic E-state index is -1.01. The van der Waals surface area contributed by atoms with E-state index in [1.54, 1.807) is 17.8 Å². The fourth-order valence-electron chi connectivity index (χ4n) is 1.01. The molecule has 0 aromatic heterocycles. The van der Waals surface area contributed by atoms with Gasteiger partial charge in [0.05, 0.1) is 6.61 Å². The van der Waals surface area contributed by atoms with Gasteiger partial charge >= 0.3 is 6.09 Å². The first-order chi connectivity index (χ1) is 6.91. The molecule has 0 rings (SSSR count). The molecule has 0 aliphatic heterocycles. The van der Waals surface area contributed by atoms with Crippen LogP contribution in [-0.2, 0) is 0 Å². The molecule has 1 unspecified atom stereocenters. The Kier molecular flexibility index (Phi) is 6.43. The van der Waals surface area contributed by atoms with Crippen LogP contribution in [0.15, 0.2) is 12.7 Å². The average molecular weight is 233 g/mol. The summed E-state index contributed by atoms with van der Waals surface area (Å²) in [5.74, 6) is 0.782. The lowest BCUT2D eigenvalue weighted by Crippen LogP contribution is -2.43. The molecule has 0 spiro atoms. The van der Waals surface area contributed by atoms with Crippen molar-refractivity contribution in [1.82, 2.24) is 5.32 Å². The lowest BCUT2D eigenvalue weighted by Gasteiger charge is -2.24. The van der Waals surface area contributed by atoms with Crippen LogP contribution in [0.25, 0.3) is 0 Å². The van der Waals surface area contributed by atoms with Crippen LogP contribution in [0.1, 0.15) is 20.3 Å². The van der Waals surface area contributed by atoms with Crippen LogP contribution in [-0.4, -0.2) is 39.5 Å². The predicted octanol–water partition coefficient (Wildman–Crippen LogP) is 1.70. The number of aliphatic hydroxyl groups is 1. The third kappa shape index (κ3) is 7.27. The first-order valence-electron chi connectivity index (χ1n) is 4.77. The Morgan fingerprint density at radius 3 is 2.67 bits per heavy atom. The molecule has 0 aliphatic rings. The summed E-state index contributed by atoms with van der Waals surface area (Å²) >= 11 is 1.57. The third-order valence-electron chi connectivity index (χ3n) is 1.95. The Bertz CT molecular complexity index is 219. The first kappa shape index (κ1) is 14.3. The van der Waals surface area contributed by atoms with Crippen LogP contribution in [0.2, 0.25) is 0 Å². The molecule has 1 atom stereocenters. The van der Waals surface area contributed by atoms with Crippen molar-refractivity contribution in [2.45, 2.75) is 31.1 Å². The highest BCUT2D eigenvalue weighted by molar-refractivity contribution is 8.00. The van der Waals surface area contributed by atoms with Crippen molar-refractivity contribution in [2.24, 2.45) is 0 Å². The standard InChI is InChI=1S/C10H19NO3S/c1-4-8(7-12)15-6-5-10(2,3)11-9(13)14/h4,8,11-12H,1,5-7H2,2-3H3,(H,13,14). The summed E-state index contributed by atoms with van der Waals surface area (Å²) in [6.07, 6.45) is 1.41. The molecule has 4 nitrogen and oxygen atoms in total. The SMILES string of the molecule is C=CC(CO)SCCC(C)(C)NC(=O)O. The largest absolute Gasteiger partial charge is 0.465 e. The molecule has 0 aromatic rings. The van der Waals surface area contributed by atoms with E-state index in [-0.39, 0.29) is 11.9 Å². The van der Waals surface area contributed by atoms with Crippen molar-refractivity contribution in [3.63, 3.8) is 0 Å². The maximum absolute atomic E-state index is 10.5. The van der Waals surface area contributed by atoms with Crippen molar-refractivity contribution in [2.75, 3.05) is 12.4 Å². The Balaban J connectivity index is 3.83. The number of rotatable bonds is 7. The summed E-state index contributed by atoms with van der Waals surface area (Å²) < 4.78 is 0. The Morgan fingerprint density at radius 1 is 1.67 bits per heavy atom. The maximum atomic E-state index is 10.5. The van der Waals surface area contributed by atoms with E-state index in [2.05, 4.69) is 11.9 Å². The summed E-state index contributed by atoms with van der Waals surface area (Å²) in [7, 11) is 0. The Morgan fingerprint density at radius 2 is 2.27 bits per heavy atom. The van der Waals surface area contributed by atoms with E-state index in [0.717, 1.165) is 5.75 Å². The number of carbonyl (C=O) groups is 1. The molecule has 88 valence electrons. The lowest BCUT2D eigenvalue weighted by atomic mass is 10.0. The molecule has 0 saturated heterocycles. The summed E-state index contributed by atoms with van der Waals surface area (Å²) in [6.45, 7) is 7.35. The van der Waals surface area contributed by atoms with E-state index >= 15 is 0 Å². The topological polar surface area (TPSA) is 69.6 Å². The van der Waals surface area contributed by atoms with Crippen molar-refractivity contribution in [1.29, 1.82) is 0 Å². The highest BCUT2D eigenvalue weighted by atomic mass is 32.2. The van der Waals surface area contributed by atoms with Crippen LogP contribution in [0.3, 0.4) is 0 Å². The molecule has 5 heteroatoms. The minimum absolute atomic E-state index is 0.0330. The number of thioether (sulfide) groups is 1. The molecule has 0 fully saturated rings. The van der Waals surface area contributed by atoms with Crippen LogP contribution in [0, 0.1) is 0 Å². The zero-order valence-electron chi connectivity index (χ0n) is 9.19. The first-order valence-corrected chi connectivity index (χ1v) is 5.82. The molecule has 0 aliphatic carbocycles. The van der Waals surface area contributed by atoms with Gasteiger partial charge in [-0.05, 0) is 26.0 Å². The van der Waals surface area contributed by atoms with E-state index < -0.39 is 11.6 Å². The Labute approximate surface area is 94.8 Å². The van der Waals surface area contributed by atoms with E-state index in [1.165, 1.54) is 0 Å². The lowest BCUT2D eigenvalue weighted by molar-refractivity contribution is 0.181. The smallest absolute Gasteiger partial charge is 0.405 e. The normalized spacial score (nSPS) is 13.3. The molecule has 0 saturated carbocycles. The van der Waals surface area contributed by atoms with E-state index in [4.69, 9.17) is 10.2 Å². The van der Waals surface area contributed by atoms with Gasteiger partial charge < -0.3 is 15.5 Å². The van der Waals surface area contributed by atoms with Gasteiger partial charge in [0.2, 0.25) is 0 Å². The van der Waals surface area contributed by atoms with Crippen molar-refractivity contribution in [3.8, 4) is 0 Å². The van der Waals surface area contributed by atoms with Gasteiger partial charge in [0.15, 0.2) is 0 Å². The second-order valence-corrected chi connectivity index (χ2v) is 5.24. The summed E-state index contributed by atoms with van der Waals surface area (Å²) in [5.41, 5.74) is -0.431. The molecule has 15 heavy (non-hydrogen) atoms. The van der Waals surface area contributed by atoms with Crippen molar-refractivity contribution < 1.29 is 15.0 Å². The van der Waals surface area contributed by atoms with E-state index in [9.17, 15) is 4.79 Å². The molecule has 1 amide bonds. The molecule has 3 N–H and O–H groups in total. The number of hydrogen-bond donors (Lipinski definition) is 3. The van der Waals surface area contributed by atoms with Crippen LogP contribution in [0.4, 0.5) is 4.79 Å². The number of amides is 1. The number of hydrogen-bond acceptors (Lipinski definition) is 3. The van der Waals surface area contributed by atoms with Gasteiger partial charge in [-0.2, -0.15) is 11.8 Å². The van der Waals surface area contributed by atoms with Crippen LogP contribution >= 0.6 is 11.8 Å². The van der Waals surface area contributed by atoms with Gasteiger partial charge in [0.25, 0.3) is 0 Å². The monoisotopic (exact) mass is 233 g/mol.